The highest BCUT2D eigenvalue weighted by Crippen LogP contribution is 2.24. The average Bonchev–Trinajstić information content (AvgIpc) is 3.02. The molecular formula is C17H20ClN5O. The van der Waals surface area contributed by atoms with Gasteiger partial charge in [-0.15, -0.1) is 0 Å². The molecule has 0 saturated heterocycles. The molecule has 0 unspecified atom stereocenters. The van der Waals surface area contributed by atoms with Crippen LogP contribution in [-0.2, 0) is 4.74 Å². The standard InChI is InChI=1S/C17H20ClN5O/c1-3-24-8-4-7-19-16-14-10-22-23(17(14)21-11-20-16)13-6-5-12(2)15(18)9-13/h5-6,9-11H,3-4,7-8H2,1-2H3,(H,19,20,21). The summed E-state index contributed by atoms with van der Waals surface area (Å²) in [4.78, 5) is 8.69. The molecule has 0 aliphatic carbocycles. The minimum absolute atomic E-state index is 0.708. The van der Waals surface area contributed by atoms with Crippen molar-refractivity contribution in [3.63, 3.8) is 0 Å². The van der Waals surface area contributed by atoms with Crippen molar-refractivity contribution < 1.29 is 4.74 Å². The highest BCUT2D eigenvalue weighted by atomic mass is 35.5. The van der Waals surface area contributed by atoms with E-state index < -0.39 is 0 Å². The second-order valence-electron chi connectivity index (χ2n) is 5.43. The third kappa shape index (κ3) is 3.49. The number of hydrogen-bond acceptors (Lipinski definition) is 5. The molecule has 0 radical (unpaired) electrons. The summed E-state index contributed by atoms with van der Waals surface area (Å²) in [6, 6.07) is 5.84. The van der Waals surface area contributed by atoms with Crippen LogP contribution in [0, 0.1) is 6.92 Å². The molecule has 3 rings (SSSR count). The quantitative estimate of drug-likeness (QED) is 0.662. The first-order valence-electron chi connectivity index (χ1n) is 7.97. The fourth-order valence-electron chi connectivity index (χ4n) is 2.41. The van der Waals surface area contributed by atoms with Gasteiger partial charge in [-0.05, 0) is 38.0 Å². The van der Waals surface area contributed by atoms with Crippen LogP contribution in [0.5, 0.6) is 0 Å². The summed E-state index contributed by atoms with van der Waals surface area (Å²) in [5.74, 6) is 0.779. The molecule has 0 spiro atoms. The van der Waals surface area contributed by atoms with Crippen molar-refractivity contribution in [3.05, 3.63) is 41.3 Å². The number of nitrogens with zero attached hydrogens (tertiary/aromatic N) is 4. The molecule has 126 valence electrons. The Bertz CT molecular complexity index is 833. The molecule has 1 N–H and O–H groups in total. The maximum absolute atomic E-state index is 6.23. The Morgan fingerprint density at radius 3 is 2.96 bits per heavy atom. The summed E-state index contributed by atoms with van der Waals surface area (Å²) < 4.78 is 7.11. The van der Waals surface area contributed by atoms with Crippen molar-refractivity contribution in [1.29, 1.82) is 0 Å². The van der Waals surface area contributed by atoms with Gasteiger partial charge in [0.25, 0.3) is 0 Å². The maximum atomic E-state index is 6.23. The van der Waals surface area contributed by atoms with E-state index in [9.17, 15) is 0 Å². The van der Waals surface area contributed by atoms with E-state index in [1.165, 1.54) is 0 Å². The third-order valence-electron chi connectivity index (χ3n) is 3.73. The smallest absolute Gasteiger partial charge is 0.168 e. The Morgan fingerprint density at radius 1 is 1.29 bits per heavy atom. The van der Waals surface area contributed by atoms with Gasteiger partial charge in [0.2, 0.25) is 0 Å². The van der Waals surface area contributed by atoms with Gasteiger partial charge in [0.15, 0.2) is 5.65 Å². The SMILES string of the molecule is CCOCCCNc1ncnc2c1cnn2-c1ccc(C)c(Cl)c1. The normalized spacial score (nSPS) is 11.1. The van der Waals surface area contributed by atoms with Gasteiger partial charge in [-0.2, -0.15) is 5.10 Å². The third-order valence-corrected chi connectivity index (χ3v) is 4.14. The predicted molar refractivity (Wildman–Crippen MR) is 96.0 cm³/mol. The van der Waals surface area contributed by atoms with Gasteiger partial charge in [0.1, 0.15) is 12.1 Å². The van der Waals surface area contributed by atoms with Crippen LogP contribution >= 0.6 is 11.6 Å². The number of rotatable bonds is 7. The van der Waals surface area contributed by atoms with Crippen LogP contribution in [0.25, 0.3) is 16.7 Å². The van der Waals surface area contributed by atoms with Crippen LogP contribution < -0.4 is 5.32 Å². The summed E-state index contributed by atoms with van der Waals surface area (Å²) >= 11 is 6.23. The number of fused-ring (bicyclic) bond motifs is 1. The van der Waals surface area contributed by atoms with Crippen molar-refractivity contribution >= 4 is 28.5 Å². The molecule has 3 aromatic rings. The molecule has 0 fully saturated rings. The van der Waals surface area contributed by atoms with Crippen molar-refractivity contribution in [3.8, 4) is 5.69 Å². The Hall–Kier alpha value is -2.18. The first-order valence-corrected chi connectivity index (χ1v) is 8.35. The lowest BCUT2D eigenvalue weighted by Crippen LogP contribution is -2.07. The number of aromatic nitrogens is 4. The van der Waals surface area contributed by atoms with Crippen LogP contribution in [0.15, 0.2) is 30.7 Å². The Balaban J connectivity index is 1.84. The van der Waals surface area contributed by atoms with E-state index in [-0.39, 0.29) is 0 Å². The van der Waals surface area contributed by atoms with E-state index in [2.05, 4.69) is 20.4 Å². The number of aryl methyl sites for hydroxylation is 1. The van der Waals surface area contributed by atoms with E-state index in [1.54, 1.807) is 17.2 Å². The largest absolute Gasteiger partial charge is 0.382 e. The zero-order valence-electron chi connectivity index (χ0n) is 13.8. The molecule has 0 saturated carbocycles. The number of ether oxygens (including phenoxy) is 1. The number of hydrogen-bond donors (Lipinski definition) is 1. The molecule has 2 heterocycles. The lowest BCUT2D eigenvalue weighted by molar-refractivity contribution is 0.147. The monoisotopic (exact) mass is 345 g/mol. The Kier molecular flexibility index (Phi) is 5.27. The fourth-order valence-corrected chi connectivity index (χ4v) is 2.59. The van der Waals surface area contributed by atoms with Gasteiger partial charge >= 0.3 is 0 Å². The minimum Gasteiger partial charge on any atom is -0.382 e. The molecule has 2 aromatic heterocycles. The summed E-state index contributed by atoms with van der Waals surface area (Å²) in [5.41, 5.74) is 2.65. The summed E-state index contributed by atoms with van der Waals surface area (Å²) in [5, 5.41) is 9.35. The molecular weight excluding hydrogens is 326 g/mol. The minimum atomic E-state index is 0.708. The molecule has 0 aliphatic rings. The van der Waals surface area contributed by atoms with E-state index >= 15 is 0 Å². The van der Waals surface area contributed by atoms with Gasteiger partial charge in [0.05, 0.1) is 17.3 Å². The van der Waals surface area contributed by atoms with Gasteiger partial charge in [0, 0.05) is 24.8 Å². The first kappa shape index (κ1) is 16.7. The van der Waals surface area contributed by atoms with E-state index in [4.69, 9.17) is 16.3 Å². The van der Waals surface area contributed by atoms with Crippen molar-refractivity contribution in [2.45, 2.75) is 20.3 Å². The average molecular weight is 346 g/mol. The fraction of sp³-hybridized carbons (Fsp3) is 0.353. The highest BCUT2D eigenvalue weighted by molar-refractivity contribution is 6.31. The van der Waals surface area contributed by atoms with Gasteiger partial charge in [-0.3, -0.25) is 0 Å². The summed E-state index contributed by atoms with van der Waals surface area (Å²) in [7, 11) is 0. The molecule has 24 heavy (non-hydrogen) atoms. The molecule has 0 aliphatic heterocycles. The van der Waals surface area contributed by atoms with Crippen LogP contribution in [0.2, 0.25) is 5.02 Å². The molecule has 0 bridgehead atoms. The summed E-state index contributed by atoms with van der Waals surface area (Å²) in [6.45, 7) is 6.23. The number of anilines is 1. The highest BCUT2D eigenvalue weighted by Gasteiger charge is 2.11. The molecule has 7 heteroatoms. The van der Waals surface area contributed by atoms with Crippen molar-refractivity contribution in [2.75, 3.05) is 25.1 Å². The Morgan fingerprint density at radius 2 is 2.17 bits per heavy atom. The van der Waals surface area contributed by atoms with Crippen LogP contribution in [-0.4, -0.2) is 39.5 Å². The second kappa shape index (κ2) is 7.59. The Labute approximate surface area is 145 Å². The van der Waals surface area contributed by atoms with Gasteiger partial charge in [-0.1, -0.05) is 17.7 Å². The molecule has 1 aromatic carbocycles. The van der Waals surface area contributed by atoms with Crippen LogP contribution in [0.3, 0.4) is 0 Å². The zero-order chi connectivity index (χ0) is 16.9. The van der Waals surface area contributed by atoms with Crippen LogP contribution in [0.4, 0.5) is 5.82 Å². The zero-order valence-corrected chi connectivity index (χ0v) is 14.5. The number of nitrogens with one attached hydrogen (secondary N) is 1. The lowest BCUT2D eigenvalue weighted by Gasteiger charge is -2.07. The topological polar surface area (TPSA) is 64.9 Å². The van der Waals surface area contributed by atoms with Gasteiger partial charge < -0.3 is 10.1 Å². The van der Waals surface area contributed by atoms with E-state index in [0.717, 1.165) is 54.3 Å². The molecule has 6 nitrogen and oxygen atoms in total. The van der Waals surface area contributed by atoms with E-state index in [0.29, 0.717) is 5.02 Å². The van der Waals surface area contributed by atoms with E-state index in [1.807, 2.05) is 32.0 Å². The number of benzene rings is 1. The first-order chi connectivity index (χ1) is 11.7. The van der Waals surface area contributed by atoms with Crippen LogP contribution in [0.1, 0.15) is 18.9 Å². The summed E-state index contributed by atoms with van der Waals surface area (Å²) in [6.07, 6.45) is 4.23. The molecule has 0 atom stereocenters. The maximum Gasteiger partial charge on any atom is 0.168 e. The lowest BCUT2D eigenvalue weighted by atomic mass is 10.2. The van der Waals surface area contributed by atoms with Crippen molar-refractivity contribution in [1.82, 2.24) is 19.7 Å². The second-order valence-corrected chi connectivity index (χ2v) is 5.83. The predicted octanol–water partition coefficient (Wildman–Crippen LogP) is 3.62. The molecule has 0 amide bonds. The van der Waals surface area contributed by atoms with Crippen molar-refractivity contribution in [2.24, 2.45) is 0 Å². The van der Waals surface area contributed by atoms with Gasteiger partial charge in [-0.25, -0.2) is 14.6 Å². The number of halogens is 1.